The zero-order chi connectivity index (χ0) is 15.9. The van der Waals surface area contributed by atoms with Crippen LogP contribution in [0.2, 0.25) is 0 Å². The molecule has 0 atom stereocenters. The van der Waals surface area contributed by atoms with E-state index in [-0.39, 0.29) is 12.4 Å². The number of hydrogen-bond acceptors (Lipinski definition) is 5. The van der Waals surface area contributed by atoms with Crippen molar-refractivity contribution in [3.8, 4) is 5.75 Å². The van der Waals surface area contributed by atoms with Crippen molar-refractivity contribution in [3.63, 3.8) is 0 Å². The summed E-state index contributed by atoms with van der Waals surface area (Å²) < 4.78 is 15.3. The van der Waals surface area contributed by atoms with Crippen LogP contribution in [0.5, 0.6) is 5.75 Å². The number of hydrogen-bond donors (Lipinski definition) is 1. The van der Waals surface area contributed by atoms with Crippen LogP contribution in [0.3, 0.4) is 0 Å². The number of anilines is 1. The molecule has 0 saturated carbocycles. The Morgan fingerprint density at radius 3 is 2.45 bits per heavy atom. The predicted octanol–water partition coefficient (Wildman–Crippen LogP) is 2.78. The quantitative estimate of drug-likeness (QED) is 0.830. The van der Waals surface area contributed by atoms with Crippen LogP contribution in [-0.2, 0) is 9.53 Å². The SMILES string of the molecule is CCOc1ccc(NC(=O)COC(=O)c2ccc(C)o2)cc1. The molecule has 6 heteroatoms. The molecular weight excluding hydrogens is 286 g/mol. The van der Waals surface area contributed by atoms with Crippen LogP contribution in [0.4, 0.5) is 5.69 Å². The Labute approximate surface area is 128 Å². The third-order valence-corrected chi connectivity index (χ3v) is 2.72. The number of esters is 1. The average molecular weight is 303 g/mol. The van der Waals surface area contributed by atoms with Gasteiger partial charge in [0.2, 0.25) is 5.76 Å². The van der Waals surface area contributed by atoms with Crippen LogP contribution < -0.4 is 10.1 Å². The number of benzene rings is 1. The number of ether oxygens (including phenoxy) is 2. The highest BCUT2D eigenvalue weighted by atomic mass is 16.5. The van der Waals surface area contributed by atoms with E-state index in [1.165, 1.54) is 6.07 Å². The first-order chi connectivity index (χ1) is 10.6. The summed E-state index contributed by atoms with van der Waals surface area (Å²) in [6.07, 6.45) is 0. The summed E-state index contributed by atoms with van der Waals surface area (Å²) in [7, 11) is 0. The molecule has 1 heterocycles. The van der Waals surface area contributed by atoms with Crippen LogP contribution in [0, 0.1) is 6.92 Å². The lowest BCUT2D eigenvalue weighted by molar-refractivity contribution is -0.119. The normalized spacial score (nSPS) is 10.1. The van der Waals surface area contributed by atoms with Gasteiger partial charge in [-0.2, -0.15) is 0 Å². The van der Waals surface area contributed by atoms with Gasteiger partial charge in [-0.3, -0.25) is 4.79 Å². The van der Waals surface area contributed by atoms with E-state index in [2.05, 4.69) is 5.32 Å². The number of rotatable bonds is 6. The fourth-order valence-corrected chi connectivity index (χ4v) is 1.74. The zero-order valence-corrected chi connectivity index (χ0v) is 12.4. The van der Waals surface area contributed by atoms with Gasteiger partial charge in [0, 0.05) is 5.69 Å². The smallest absolute Gasteiger partial charge is 0.374 e. The first-order valence-corrected chi connectivity index (χ1v) is 6.84. The van der Waals surface area contributed by atoms with Crippen molar-refractivity contribution < 1.29 is 23.5 Å². The van der Waals surface area contributed by atoms with Crippen molar-refractivity contribution >= 4 is 17.6 Å². The summed E-state index contributed by atoms with van der Waals surface area (Å²) in [6, 6.07) is 10.1. The molecule has 0 aliphatic rings. The van der Waals surface area contributed by atoms with E-state index in [9.17, 15) is 9.59 Å². The molecule has 1 amide bonds. The van der Waals surface area contributed by atoms with Gasteiger partial charge in [0.25, 0.3) is 5.91 Å². The summed E-state index contributed by atoms with van der Waals surface area (Å²) in [6.45, 7) is 3.81. The number of carbonyl (C=O) groups is 2. The van der Waals surface area contributed by atoms with Crippen molar-refractivity contribution in [1.29, 1.82) is 0 Å². The number of nitrogens with one attached hydrogen (secondary N) is 1. The molecule has 0 fully saturated rings. The highest BCUT2D eigenvalue weighted by molar-refractivity contribution is 5.94. The third-order valence-electron chi connectivity index (χ3n) is 2.72. The van der Waals surface area contributed by atoms with Gasteiger partial charge in [-0.05, 0) is 50.2 Å². The molecule has 0 radical (unpaired) electrons. The summed E-state index contributed by atoms with van der Waals surface area (Å²) in [5.41, 5.74) is 0.596. The molecule has 0 spiro atoms. The minimum Gasteiger partial charge on any atom is -0.494 e. The maximum atomic E-state index is 11.7. The van der Waals surface area contributed by atoms with E-state index in [1.54, 1.807) is 37.3 Å². The minimum absolute atomic E-state index is 0.0753. The molecular formula is C16H17NO5. The molecule has 1 N–H and O–H groups in total. The van der Waals surface area contributed by atoms with Crippen molar-refractivity contribution in [2.45, 2.75) is 13.8 Å². The van der Waals surface area contributed by atoms with Crippen molar-refractivity contribution in [2.24, 2.45) is 0 Å². The van der Waals surface area contributed by atoms with Crippen molar-refractivity contribution in [1.82, 2.24) is 0 Å². The number of amides is 1. The Morgan fingerprint density at radius 1 is 1.14 bits per heavy atom. The molecule has 1 aromatic carbocycles. The fraction of sp³-hybridized carbons (Fsp3) is 0.250. The summed E-state index contributed by atoms with van der Waals surface area (Å²) >= 11 is 0. The molecule has 0 unspecified atom stereocenters. The van der Waals surface area contributed by atoms with Crippen molar-refractivity contribution in [3.05, 3.63) is 47.9 Å². The lowest BCUT2D eigenvalue weighted by atomic mass is 10.3. The molecule has 1 aromatic heterocycles. The maximum Gasteiger partial charge on any atom is 0.374 e. The summed E-state index contributed by atoms with van der Waals surface area (Å²) in [5.74, 6) is 0.299. The van der Waals surface area contributed by atoms with Gasteiger partial charge in [0.15, 0.2) is 6.61 Å². The molecule has 0 aliphatic carbocycles. The second-order valence-corrected chi connectivity index (χ2v) is 4.49. The molecule has 6 nitrogen and oxygen atoms in total. The highest BCUT2D eigenvalue weighted by Gasteiger charge is 2.13. The van der Waals surface area contributed by atoms with Crippen molar-refractivity contribution in [2.75, 3.05) is 18.5 Å². The summed E-state index contributed by atoms with van der Waals surface area (Å²) in [4.78, 5) is 23.3. The zero-order valence-electron chi connectivity index (χ0n) is 12.4. The standard InChI is InChI=1S/C16H17NO5/c1-3-20-13-7-5-12(6-8-13)17-15(18)10-21-16(19)14-9-4-11(2)22-14/h4-9H,3,10H2,1-2H3,(H,17,18). The van der Waals surface area contributed by atoms with E-state index in [1.807, 2.05) is 6.92 Å². The van der Waals surface area contributed by atoms with Gasteiger partial charge >= 0.3 is 5.97 Å². The van der Waals surface area contributed by atoms with Crippen LogP contribution in [0.25, 0.3) is 0 Å². The second-order valence-electron chi connectivity index (χ2n) is 4.49. The topological polar surface area (TPSA) is 77.8 Å². The van der Waals surface area contributed by atoms with E-state index < -0.39 is 11.9 Å². The largest absolute Gasteiger partial charge is 0.494 e. The molecule has 116 valence electrons. The van der Waals surface area contributed by atoms with E-state index in [4.69, 9.17) is 13.9 Å². The number of aryl methyl sites for hydroxylation is 1. The average Bonchev–Trinajstić information content (AvgIpc) is 2.94. The minimum atomic E-state index is -0.671. The van der Waals surface area contributed by atoms with Gasteiger partial charge < -0.3 is 19.2 Å². The Bertz CT molecular complexity index is 645. The first kappa shape index (κ1) is 15.6. The Kier molecular flexibility index (Phi) is 5.19. The fourth-order valence-electron chi connectivity index (χ4n) is 1.74. The van der Waals surface area contributed by atoms with Gasteiger partial charge in [-0.15, -0.1) is 0 Å². The molecule has 0 aliphatic heterocycles. The van der Waals surface area contributed by atoms with Gasteiger partial charge in [0.05, 0.1) is 6.61 Å². The second kappa shape index (κ2) is 7.31. The Morgan fingerprint density at radius 2 is 1.86 bits per heavy atom. The predicted molar refractivity (Wildman–Crippen MR) is 80.0 cm³/mol. The molecule has 2 aromatic rings. The van der Waals surface area contributed by atoms with E-state index in [0.29, 0.717) is 18.1 Å². The highest BCUT2D eigenvalue weighted by Crippen LogP contribution is 2.15. The Balaban J connectivity index is 1.81. The van der Waals surface area contributed by atoms with E-state index >= 15 is 0 Å². The van der Waals surface area contributed by atoms with Crippen LogP contribution in [0.15, 0.2) is 40.8 Å². The van der Waals surface area contributed by atoms with Gasteiger partial charge in [-0.25, -0.2) is 4.79 Å². The van der Waals surface area contributed by atoms with Gasteiger partial charge in [-0.1, -0.05) is 0 Å². The number of furan rings is 1. The molecule has 22 heavy (non-hydrogen) atoms. The number of carbonyl (C=O) groups excluding carboxylic acids is 2. The van der Waals surface area contributed by atoms with Crippen LogP contribution in [0.1, 0.15) is 23.2 Å². The monoisotopic (exact) mass is 303 g/mol. The molecule has 0 bridgehead atoms. The van der Waals surface area contributed by atoms with Crippen LogP contribution >= 0.6 is 0 Å². The van der Waals surface area contributed by atoms with Gasteiger partial charge in [0.1, 0.15) is 11.5 Å². The van der Waals surface area contributed by atoms with Crippen LogP contribution in [-0.4, -0.2) is 25.1 Å². The van der Waals surface area contributed by atoms with E-state index in [0.717, 1.165) is 5.75 Å². The lowest BCUT2D eigenvalue weighted by Crippen LogP contribution is -2.20. The summed E-state index contributed by atoms with van der Waals surface area (Å²) in [5, 5.41) is 2.62. The maximum absolute atomic E-state index is 11.7. The Hall–Kier alpha value is -2.76. The lowest BCUT2D eigenvalue weighted by Gasteiger charge is -2.07. The molecule has 2 rings (SSSR count). The molecule has 0 saturated heterocycles. The first-order valence-electron chi connectivity index (χ1n) is 6.84. The third kappa shape index (κ3) is 4.37.